The van der Waals surface area contributed by atoms with E-state index in [1.54, 1.807) is 22.9 Å². The van der Waals surface area contributed by atoms with Crippen molar-refractivity contribution in [3.8, 4) is 11.3 Å². The van der Waals surface area contributed by atoms with Gasteiger partial charge in [0.1, 0.15) is 19.2 Å². The van der Waals surface area contributed by atoms with Crippen molar-refractivity contribution in [3.05, 3.63) is 96.0 Å². The number of carbonyl (C=O) groups is 2. The van der Waals surface area contributed by atoms with Crippen molar-refractivity contribution in [1.82, 2.24) is 19.9 Å². The molecule has 1 aliphatic rings. The minimum atomic E-state index is -1.30. The molecule has 2 N–H and O–H groups in total. The predicted octanol–water partition coefficient (Wildman–Crippen LogP) is 7.88. The lowest BCUT2D eigenvalue weighted by molar-refractivity contribution is 0.0809. The minimum Gasteiger partial charge on any atom is -0.445 e. The summed E-state index contributed by atoms with van der Waals surface area (Å²) in [6, 6.07) is 19.0. The number of imidazole rings is 1. The number of nitrogens with zero attached hydrogens (tertiary/aromatic N) is 4. The van der Waals surface area contributed by atoms with Crippen LogP contribution in [0, 0.1) is 18.7 Å². The quantitative estimate of drug-likeness (QED) is 0.108. The number of hydrogen-bond donors (Lipinski definition) is 2. The number of alkyl carbamates (subject to hydrolysis) is 1. The first-order valence-electron chi connectivity index (χ1n) is 17.2. The van der Waals surface area contributed by atoms with E-state index in [0.29, 0.717) is 49.6 Å². The van der Waals surface area contributed by atoms with Gasteiger partial charge < -0.3 is 29.6 Å². The Morgan fingerprint density at radius 2 is 1.78 bits per heavy atom. The highest BCUT2D eigenvalue weighted by Gasteiger charge is 2.35. The Balaban J connectivity index is 1.27. The number of benzene rings is 2. The molecular weight excluding hydrogens is 652 g/mol. The summed E-state index contributed by atoms with van der Waals surface area (Å²) in [7, 11) is -1.30. The van der Waals surface area contributed by atoms with Gasteiger partial charge in [0.2, 0.25) is 5.82 Å². The Labute approximate surface area is 295 Å². The number of nitrogens with one attached hydrogen (secondary N) is 2. The zero-order valence-electron chi connectivity index (χ0n) is 30.0. The predicted molar refractivity (Wildman–Crippen MR) is 197 cm³/mol. The van der Waals surface area contributed by atoms with Gasteiger partial charge in [-0.3, -0.25) is 9.78 Å². The number of carbonyl (C=O) groups excluding carboxylic acids is 2. The molecule has 4 aromatic rings. The number of halogens is 1. The van der Waals surface area contributed by atoms with Gasteiger partial charge in [-0.2, -0.15) is 0 Å². The van der Waals surface area contributed by atoms with E-state index < -0.39 is 31.4 Å². The normalized spacial score (nSPS) is 14.0. The third-order valence-electron chi connectivity index (χ3n) is 9.10. The van der Waals surface area contributed by atoms with Gasteiger partial charge in [-0.05, 0) is 75.4 Å². The molecular formula is C38H49FN6O4Si. The van der Waals surface area contributed by atoms with Crippen LogP contribution < -0.4 is 15.5 Å². The summed E-state index contributed by atoms with van der Waals surface area (Å²) < 4.78 is 28.7. The highest BCUT2D eigenvalue weighted by molar-refractivity contribution is 6.76. The molecule has 3 heterocycles. The Hall–Kier alpha value is -4.55. The number of aryl methyl sites for hydroxylation is 1. The van der Waals surface area contributed by atoms with Crippen molar-refractivity contribution in [2.45, 2.75) is 78.2 Å². The van der Waals surface area contributed by atoms with Crippen LogP contribution in [0.2, 0.25) is 25.7 Å². The van der Waals surface area contributed by atoms with E-state index in [2.05, 4.69) is 35.3 Å². The lowest BCUT2D eigenvalue weighted by Gasteiger charge is -2.42. The molecule has 5 rings (SSSR count). The average molecular weight is 701 g/mol. The highest BCUT2D eigenvalue weighted by Crippen LogP contribution is 2.36. The Kier molecular flexibility index (Phi) is 11.7. The molecule has 2 amide bonds. The van der Waals surface area contributed by atoms with Crippen LogP contribution in [-0.4, -0.2) is 59.8 Å². The van der Waals surface area contributed by atoms with Gasteiger partial charge in [-0.15, -0.1) is 0 Å². The van der Waals surface area contributed by atoms with Crippen molar-refractivity contribution in [2.24, 2.45) is 5.92 Å². The zero-order chi connectivity index (χ0) is 35.9. The van der Waals surface area contributed by atoms with E-state index in [1.165, 1.54) is 6.07 Å². The Morgan fingerprint density at radius 3 is 2.48 bits per heavy atom. The van der Waals surface area contributed by atoms with Crippen LogP contribution in [-0.2, 0) is 22.8 Å². The zero-order valence-corrected chi connectivity index (χ0v) is 31.0. The smallest absolute Gasteiger partial charge is 0.407 e. The number of piperidine rings is 1. The van der Waals surface area contributed by atoms with Gasteiger partial charge in [-0.25, -0.2) is 14.2 Å². The summed E-state index contributed by atoms with van der Waals surface area (Å²) in [6.07, 6.45) is 4.47. The van der Waals surface area contributed by atoms with Crippen LogP contribution in [0.3, 0.4) is 0 Å². The molecule has 1 saturated heterocycles. The second-order valence-electron chi connectivity index (χ2n) is 14.7. The van der Waals surface area contributed by atoms with Gasteiger partial charge >= 0.3 is 6.09 Å². The fourth-order valence-corrected chi connectivity index (χ4v) is 6.90. The molecule has 0 atom stereocenters. The fourth-order valence-electron chi connectivity index (χ4n) is 6.15. The van der Waals surface area contributed by atoms with Gasteiger partial charge in [-0.1, -0.05) is 56.0 Å². The van der Waals surface area contributed by atoms with Gasteiger partial charge in [0.25, 0.3) is 5.91 Å². The molecule has 0 saturated carbocycles. The van der Waals surface area contributed by atoms with Crippen molar-refractivity contribution in [1.29, 1.82) is 0 Å². The largest absolute Gasteiger partial charge is 0.445 e. The number of aromatic nitrogens is 3. The van der Waals surface area contributed by atoms with Crippen molar-refractivity contribution < 1.29 is 23.5 Å². The number of pyridine rings is 1. The molecule has 0 aliphatic carbocycles. The number of anilines is 2. The summed E-state index contributed by atoms with van der Waals surface area (Å²) in [4.78, 5) is 37.5. The number of amides is 2. The number of para-hydroxylation sites is 1. The maximum absolute atomic E-state index is 15.5. The minimum absolute atomic E-state index is 0.136. The van der Waals surface area contributed by atoms with E-state index in [1.807, 2.05) is 74.3 Å². The van der Waals surface area contributed by atoms with Crippen LogP contribution in [0.4, 0.5) is 20.6 Å². The molecule has 12 heteroatoms. The summed E-state index contributed by atoms with van der Waals surface area (Å²) in [5.74, 6) is -0.578. The second kappa shape index (κ2) is 16.0. The molecule has 1 aliphatic heterocycles. The van der Waals surface area contributed by atoms with Crippen LogP contribution in [0.5, 0.6) is 0 Å². The molecule has 2 aromatic carbocycles. The number of rotatable bonds is 13. The molecule has 266 valence electrons. The first-order valence-corrected chi connectivity index (χ1v) is 20.9. The van der Waals surface area contributed by atoms with Crippen molar-refractivity contribution >= 4 is 31.4 Å². The Morgan fingerprint density at radius 1 is 1.04 bits per heavy atom. The second-order valence-corrected chi connectivity index (χ2v) is 20.3. The molecule has 2 aromatic heterocycles. The number of hydrogen-bond acceptors (Lipinski definition) is 7. The lowest BCUT2D eigenvalue weighted by atomic mass is 9.80. The molecule has 0 spiro atoms. The maximum atomic E-state index is 15.5. The van der Waals surface area contributed by atoms with Gasteiger partial charge in [0, 0.05) is 57.0 Å². The van der Waals surface area contributed by atoms with E-state index in [0.717, 1.165) is 22.9 Å². The van der Waals surface area contributed by atoms with Crippen molar-refractivity contribution in [2.75, 3.05) is 29.9 Å². The van der Waals surface area contributed by atoms with Crippen molar-refractivity contribution in [3.63, 3.8) is 0 Å². The topological polar surface area (TPSA) is 111 Å². The summed E-state index contributed by atoms with van der Waals surface area (Å²) in [6.45, 7) is 14.8. The lowest BCUT2D eigenvalue weighted by Crippen LogP contribution is -2.52. The SMILES string of the molecule is Cc1cc(-c2cn(COCC[Si](C)(C)C)c(C(=O)Nc3cccc(F)c3N3CCC(C(C)(C)NC(=O)OCc4ccccc4)CC3)n2)ccn1. The fraction of sp³-hybridized carbons (Fsp3) is 0.421. The molecule has 50 heavy (non-hydrogen) atoms. The first kappa shape index (κ1) is 36.7. The van der Waals surface area contributed by atoms with Gasteiger partial charge in [0.15, 0.2) is 0 Å². The monoisotopic (exact) mass is 700 g/mol. The van der Waals surface area contributed by atoms with Crippen LogP contribution in [0.1, 0.15) is 48.6 Å². The molecule has 1 fully saturated rings. The summed E-state index contributed by atoms with van der Waals surface area (Å²) >= 11 is 0. The first-order chi connectivity index (χ1) is 23.8. The van der Waals surface area contributed by atoms with E-state index in [9.17, 15) is 9.59 Å². The highest BCUT2D eigenvalue weighted by atomic mass is 28.3. The van der Waals surface area contributed by atoms with E-state index in [4.69, 9.17) is 14.5 Å². The molecule has 0 unspecified atom stereocenters. The Bertz CT molecular complexity index is 1770. The third-order valence-corrected chi connectivity index (χ3v) is 10.8. The van der Waals surface area contributed by atoms with Crippen LogP contribution in [0.25, 0.3) is 11.3 Å². The molecule has 10 nitrogen and oxygen atoms in total. The summed E-state index contributed by atoms with van der Waals surface area (Å²) in [5.41, 5.74) is 3.38. The van der Waals surface area contributed by atoms with E-state index in [-0.39, 0.29) is 25.1 Å². The number of ether oxygens (including phenoxy) is 2. The standard InChI is InChI=1S/C38H49FN6O4Si/c1-27-23-29(15-18-40-27)33-24-45(26-48-21-22-50(4,5)6)35(41-33)36(46)42-32-14-10-13-31(39)34(32)44-19-16-30(17-20-44)38(2,3)43-37(47)49-25-28-11-8-7-9-12-28/h7-15,18,23-24,30H,16-17,19-22,25-26H2,1-6H3,(H,42,46)(H,43,47). The van der Waals surface area contributed by atoms with Crippen LogP contribution >= 0.6 is 0 Å². The van der Waals surface area contributed by atoms with E-state index >= 15 is 4.39 Å². The van der Waals surface area contributed by atoms with Gasteiger partial charge in [0.05, 0.1) is 17.1 Å². The maximum Gasteiger partial charge on any atom is 0.407 e. The average Bonchev–Trinajstić information content (AvgIpc) is 3.50. The summed E-state index contributed by atoms with van der Waals surface area (Å²) in [5, 5.41) is 5.99. The van der Waals surface area contributed by atoms with Crippen LogP contribution in [0.15, 0.2) is 73.1 Å². The molecule has 0 radical (unpaired) electrons. The molecule has 0 bridgehead atoms. The third kappa shape index (κ3) is 9.78.